The van der Waals surface area contributed by atoms with E-state index in [0.29, 0.717) is 6.54 Å². The molecule has 0 saturated carbocycles. The van der Waals surface area contributed by atoms with Crippen LogP contribution in [-0.4, -0.2) is 12.5 Å². The van der Waals surface area contributed by atoms with Gasteiger partial charge in [-0.2, -0.15) is 0 Å². The SMILES string of the molecule is CCNC(=NCc1cccc(F)c1)NCc1ccc(C)s1.I. The number of rotatable bonds is 5. The van der Waals surface area contributed by atoms with Crippen LogP contribution in [0.2, 0.25) is 0 Å². The van der Waals surface area contributed by atoms with E-state index >= 15 is 0 Å². The van der Waals surface area contributed by atoms with Crippen LogP contribution >= 0.6 is 35.3 Å². The van der Waals surface area contributed by atoms with Crippen molar-refractivity contribution in [2.75, 3.05) is 6.54 Å². The molecule has 0 spiro atoms. The van der Waals surface area contributed by atoms with Gasteiger partial charge in [0.1, 0.15) is 5.82 Å². The zero-order valence-corrected chi connectivity index (χ0v) is 15.9. The van der Waals surface area contributed by atoms with Gasteiger partial charge < -0.3 is 10.6 Å². The van der Waals surface area contributed by atoms with Gasteiger partial charge in [-0.3, -0.25) is 0 Å². The Kier molecular flexibility index (Phi) is 8.40. The van der Waals surface area contributed by atoms with Crippen LogP contribution in [0.15, 0.2) is 41.4 Å². The van der Waals surface area contributed by atoms with Gasteiger partial charge in [0.15, 0.2) is 5.96 Å². The first kappa shape index (κ1) is 18.9. The molecule has 2 N–H and O–H groups in total. The summed E-state index contributed by atoms with van der Waals surface area (Å²) < 4.78 is 13.1. The van der Waals surface area contributed by atoms with Crippen LogP contribution in [0.4, 0.5) is 4.39 Å². The monoisotopic (exact) mass is 433 g/mol. The zero-order valence-electron chi connectivity index (χ0n) is 12.7. The lowest BCUT2D eigenvalue weighted by Gasteiger charge is -2.10. The van der Waals surface area contributed by atoms with Crippen molar-refractivity contribution in [3.05, 3.63) is 57.5 Å². The molecule has 2 rings (SSSR count). The minimum absolute atomic E-state index is 0. The molecule has 6 heteroatoms. The fourth-order valence-electron chi connectivity index (χ4n) is 1.90. The molecule has 0 radical (unpaired) electrons. The van der Waals surface area contributed by atoms with Gasteiger partial charge in [0.05, 0.1) is 13.1 Å². The van der Waals surface area contributed by atoms with Gasteiger partial charge in [-0.25, -0.2) is 9.38 Å². The molecule has 1 heterocycles. The minimum Gasteiger partial charge on any atom is -0.357 e. The van der Waals surface area contributed by atoms with Crippen LogP contribution in [0.5, 0.6) is 0 Å². The Labute approximate surface area is 152 Å². The molecule has 22 heavy (non-hydrogen) atoms. The number of hydrogen-bond acceptors (Lipinski definition) is 2. The lowest BCUT2D eigenvalue weighted by atomic mass is 10.2. The number of halogens is 2. The molecular weight excluding hydrogens is 412 g/mol. The summed E-state index contributed by atoms with van der Waals surface area (Å²) in [5.74, 6) is 0.516. The topological polar surface area (TPSA) is 36.4 Å². The maximum Gasteiger partial charge on any atom is 0.191 e. The molecule has 0 bridgehead atoms. The highest BCUT2D eigenvalue weighted by Gasteiger charge is 2.01. The van der Waals surface area contributed by atoms with E-state index in [9.17, 15) is 4.39 Å². The maximum atomic E-state index is 13.1. The van der Waals surface area contributed by atoms with Crippen molar-refractivity contribution in [1.82, 2.24) is 10.6 Å². The summed E-state index contributed by atoms with van der Waals surface area (Å²) in [6.07, 6.45) is 0. The van der Waals surface area contributed by atoms with Gasteiger partial charge in [0.2, 0.25) is 0 Å². The Morgan fingerprint density at radius 3 is 2.68 bits per heavy atom. The summed E-state index contributed by atoms with van der Waals surface area (Å²) in [7, 11) is 0. The summed E-state index contributed by atoms with van der Waals surface area (Å²) in [5, 5.41) is 6.49. The standard InChI is InChI=1S/C16H20FN3S.HI/c1-3-18-16(20-11-15-8-7-12(2)21-15)19-10-13-5-4-6-14(17)9-13;/h4-9H,3,10-11H2,1-2H3,(H2,18,19,20);1H. The highest BCUT2D eigenvalue weighted by molar-refractivity contribution is 14.0. The molecule has 1 aromatic carbocycles. The second kappa shape index (κ2) is 9.78. The Balaban J connectivity index is 0.00000242. The second-order valence-electron chi connectivity index (χ2n) is 4.69. The molecule has 0 saturated heterocycles. The quantitative estimate of drug-likeness (QED) is 0.424. The van der Waals surface area contributed by atoms with E-state index in [4.69, 9.17) is 0 Å². The van der Waals surface area contributed by atoms with Gasteiger partial charge >= 0.3 is 0 Å². The highest BCUT2D eigenvalue weighted by atomic mass is 127. The summed E-state index contributed by atoms with van der Waals surface area (Å²) in [4.78, 5) is 7.05. The molecular formula is C16H21FIN3S. The molecule has 0 aliphatic carbocycles. The first-order valence-corrected chi connectivity index (χ1v) is 7.81. The van der Waals surface area contributed by atoms with Gasteiger partial charge in [-0.1, -0.05) is 12.1 Å². The van der Waals surface area contributed by atoms with Crippen molar-refractivity contribution in [1.29, 1.82) is 0 Å². The number of benzene rings is 1. The van der Waals surface area contributed by atoms with Crippen LogP contribution in [0.1, 0.15) is 22.2 Å². The van der Waals surface area contributed by atoms with Crippen molar-refractivity contribution >= 4 is 41.3 Å². The van der Waals surface area contributed by atoms with Crippen LogP contribution in [-0.2, 0) is 13.1 Å². The number of nitrogens with one attached hydrogen (secondary N) is 2. The molecule has 0 aliphatic rings. The predicted molar refractivity (Wildman–Crippen MR) is 103 cm³/mol. The minimum atomic E-state index is -0.227. The number of thiophene rings is 1. The Morgan fingerprint density at radius 1 is 1.23 bits per heavy atom. The lowest BCUT2D eigenvalue weighted by molar-refractivity contribution is 0.625. The fraction of sp³-hybridized carbons (Fsp3) is 0.312. The smallest absolute Gasteiger partial charge is 0.191 e. The number of guanidine groups is 1. The van der Waals surface area contributed by atoms with Crippen LogP contribution in [0.25, 0.3) is 0 Å². The first-order chi connectivity index (χ1) is 10.2. The summed E-state index contributed by atoms with van der Waals surface area (Å²) in [6.45, 7) is 6.11. The Morgan fingerprint density at radius 2 is 2.05 bits per heavy atom. The molecule has 0 amide bonds. The van der Waals surface area contributed by atoms with E-state index in [1.165, 1.54) is 21.9 Å². The van der Waals surface area contributed by atoms with E-state index < -0.39 is 0 Å². The number of hydrogen-bond donors (Lipinski definition) is 2. The second-order valence-corrected chi connectivity index (χ2v) is 6.06. The molecule has 3 nitrogen and oxygen atoms in total. The van der Waals surface area contributed by atoms with Gasteiger partial charge in [-0.15, -0.1) is 35.3 Å². The third-order valence-electron chi connectivity index (χ3n) is 2.88. The molecule has 1 aromatic heterocycles. The normalized spacial score (nSPS) is 11.0. The van der Waals surface area contributed by atoms with Crippen molar-refractivity contribution in [3.63, 3.8) is 0 Å². The van der Waals surface area contributed by atoms with Gasteiger partial charge in [0, 0.05) is 16.3 Å². The summed E-state index contributed by atoms with van der Waals surface area (Å²) >= 11 is 1.77. The molecule has 0 fully saturated rings. The van der Waals surface area contributed by atoms with Crippen molar-refractivity contribution in [3.8, 4) is 0 Å². The summed E-state index contributed by atoms with van der Waals surface area (Å²) in [6, 6.07) is 10.8. The lowest BCUT2D eigenvalue weighted by Crippen LogP contribution is -2.36. The van der Waals surface area contributed by atoms with Crippen LogP contribution < -0.4 is 10.6 Å². The number of aryl methyl sites for hydroxylation is 1. The van der Waals surface area contributed by atoms with Crippen molar-refractivity contribution < 1.29 is 4.39 Å². The summed E-state index contributed by atoms with van der Waals surface area (Å²) in [5.41, 5.74) is 0.860. The van der Waals surface area contributed by atoms with Crippen LogP contribution in [0.3, 0.4) is 0 Å². The zero-order chi connectivity index (χ0) is 15.1. The third-order valence-corrected chi connectivity index (χ3v) is 3.88. The average Bonchev–Trinajstić information content (AvgIpc) is 2.88. The maximum absolute atomic E-state index is 13.1. The van der Waals surface area contributed by atoms with Crippen LogP contribution in [0, 0.1) is 12.7 Å². The average molecular weight is 433 g/mol. The van der Waals surface area contributed by atoms with Gasteiger partial charge in [0.25, 0.3) is 0 Å². The van der Waals surface area contributed by atoms with Crippen molar-refractivity contribution in [2.24, 2.45) is 4.99 Å². The number of aliphatic imine (C=N–C) groups is 1. The molecule has 0 unspecified atom stereocenters. The van der Waals surface area contributed by atoms with E-state index in [2.05, 4.69) is 34.7 Å². The van der Waals surface area contributed by atoms with Crippen molar-refractivity contribution in [2.45, 2.75) is 26.9 Å². The number of nitrogens with zero attached hydrogens (tertiary/aromatic N) is 1. The molecule has 120 valence electrons. The Bertz CT molecular complexity index is 613. The molecule has 0 aliphatic heterocycles. The highest BCUT2D eigenvalue weighted by Crippen LogP contribution is 2.14. The van der Waals surface area contributed by atoms with E-state index in [1.807, 2.05) is 13.0 Å². The predicted octanol–water partition coefficient (Wildman–Crippen LogP) is 4.07. The van der Waals surface area contributed by atoms with E-state index in [1.54, 1.807) is 17.4 Å². The molecule has 0 atom stereocenters. The third kappa shape index (κ3) is 6.31. The fourth-order valence-corrected chi connectivity index (χ4v) is 2.73. The van der Waals surface area contributed by atoms with E-state index in [0.717, 1.165) is 24.6 Å². The largest absolute Gasteiger partial charge is 0.357 e. The van der Waals surface area contributed by atoms with E-state index in [-0.39, 0.29) is 29.8 Å². The van der Waals surface area contributed by atoms with Gasteiger partial charge in [-0.05, 0) is 43.7 Å². The Hall–Kier alpha value is -1.15. The molecule has 2 aromatic rings. The first-order valence-electron chi connectivity index (χ1n) is 6.99.